The molecule has 0 bridgehead atoms. The maximum atomic E-state index is 12.0. The van der Waals surface area contributed by atoms with E-state index in [1.54, 1.807) is 42.5 Å². The Bertz CT molecular complexity index is 756. The normalized spacial score (nSPS) is 9.96. The number of methoxy groups -OCH3 is 1. The average molecular weight is 384 g/mol. The second-order valence-electron chi connectivity index (χ2n) is 4.77. The summed E-state index contributed by atoms with van der Waals surface area (Å²) in [5, 5.41) is 4.26. The Labute approximate surface area is 155 Å². The fourth-order valence-corrected chi connectivity index (χ4v) is 2.51. The number of thiocarbonyl (C=S) groups is 1. The van der Waals surface area contributed by atoms with Crippen molar-refractivity contribution < 1.29 is 9.53 Å². The molecule has 2 aromatic rings. The summed E-state index contributed by atoms with van der Waals surface area (Å²) in [6.45, 7) is 0. The highest BCUT2D eigenvalue weighted by molar-refractivity contribution is 7.80. The van der Waals surface area contributed by atoms with Gasteiger partial charge in [-0.15, -0.1) is 0 Å². The van der Waals surface area contributed by atoms with Crippen LogP contribution in [-0.4, -0.2) is 18.1 Å². The fraction of sp³-hybridized carbons (Fsp3) is 0.125. The molecule has 24 heavy (non-hydrogen) atoms. The highest BCUT2D eigenvalue weighted by atomic mass is 35.5. The summed E-state index contributed by atoms with van der Waals surface area (Å²) < 4.78 is 5.21. The number of rotatable bonds is 4. The van der Waals surface area contributed by atoms with Crippen LogP contribution in [0.5, 0.6) is 5.75 Å². The van der Waals surface area contributed by atoms with Crippen molar-refractivity contribution in [1.82, 2.24) is 10.9 Å². The van der Waals surface area contributed by atoms with Crippen molar-refractivity contribution in [3.8, 4) is 5.75 Å². The number of hydrogen-bond donors (Lipinski definition) is 3. The molecule has 126 valence electrons. The molecule has 0 saturated heterocycles. The first-order valence-electron chi connectivity index (χ1n) is 6.92. The summed E-state index contributed by atoms with van der Waals surface area (Å²) in [6.07, 6.45) is 0.0938. The molecule has 2 rings (SSSR count). The third-order valence-electron chi connectivity index (χ3n) is 2.99. The van der Waals surface area contributed by atoms with Crippen molar-refractivity contribution in [2.24, 2.45) is 0 Å². The molecule has 3 N–H and O–H groups in total. The van der Waals surface area contributed by atoms with Gasteiger partial charge in [0.05, 0.1) is 13.5 Å². The molecule has 0 aromatic heterocycles. The summed E-state index contributed by atoms with van der Waals surface area (Å²) in [7, 11) is 1.53. The van der Waals surface area contributed by atoms with Gasteiger partial charge in [-0.1, -0.05) is 29.3 Å². The van der Waals surface area contributed by atoms with E-state index in [1.165, 1.54) is 7.11 Å². The van der Waals surface area contributed by atoms with Crippen molar-refractivity contribution in [2.45, 2.75) is 6.42 Å². The average Bonchev–Trinajstić information content (AvgIpc) is 2.53. The van der Waals surface area contributed by atoms with E-state index >= 15 is 0 Å². The van der Waals surface area contributed by atoms with Crippen LogP contribution in [0.15, 0.2) is 42.5 Å². The van der Waals surface area contributed by atoms with Gasteiger partial charge in [0, 0.05) is 21.3 Å². The van der Waals surface area contributed by atoms with Crippen LogP contribution < -0.4 is 20.9 Å². The van der Waals surface area contributed by atoms with Gasteiger partial charge in [-0.25, -0.2) is 0 Å². The predicted molar refractivity (Wildman–Crippen MR) is 101 cm³/mol. The molecule has 8 heteroatoms. The van der Waals surface area contributed by atoms with E-state index in [1.807, 2.05) is 0 Å². The Balaban J connectivity index is 1.87. The number of amides is 1. The molecule has 0 aliphatic carbocycles. The van der Waals surface area contributed by atoms with E-state index < -0.39 is 0 Å². The highest BCUT2D eigenvalue weighted by Crippen LogP contribution is 2.22. The Morgan fingerprint density at radius 1 is 1.12 bits per heavy atom. The second kappa shape index (κ2) is 8.73. The molecule has 0 spiro atoms. The summed E-state index contributed by atoms with van der Waals surface area (Å²) in [5.41, 5.74) is 6.53. The number of nitrogens with one attached hydrogen (secondary N) is 3. The lowest BCUT2D eigenvalue weighted by atomic mass is 10.1. The molecule has 0 fully saturated rings. The van der Waals surface area contributed by atoms with E-state index in [-0.39, 0.29) is 17.4 Å². The number of ether oxygens (including phenoxy) is 1. The van der Waals surface area contributed by atoms with Gasteiger partial charge in [0.1, 0.15) is 5.75 Å². The second-order valence-corrected chi connectivity index (χ2v) is 6.05. The minimum Gasteiger partial charge on any atom is -0.496 e. The van der Waals surface area contributed by atoms with Crippen LogP contribution in [0.2, 0.25) is 10.0 Å². The largest absolute Gasteiger partial charge is 0.496 e. The summed E-state index contributed by atoms with van der Waals surface area (Å²) in [6, 6.07) is 12.2. The first kappa shape index (κ1) is 18.3. The molecule has 0 radical (unpaired) electrons. The van der Waals surface area contributed by atoms with Gasteiger partial charge in [-0.3, -0.25) is 15.6 Å². The van der Waals surface area contributed by atoms with Gasteiger partial charge in [0.2, 0.25) is 5.91 Å². The van der Waals surface area contributed by atoms with E-state index in [4.69, 9.17) is 40.2 Å². The molecule has 0 aliphatic heterocycles. The SMILES string of the molecule is COc1ccc(Cl)cc1CC(=O)NNC(=S)Nc1cccc(Cl)c1. The zero-order valence-corrected chi connectivity index (χ0v) is 15.1. The molecular weight excluding hydrogens is 369 g/mol. The number of carbonyl (C=O) groups is 1. The van der Waals surface area contributed by atoms with E-state index in [0.29, 0.717) is 27.0 Å². The van der Waals surface area contributed by atoms with Crippen molar-refractivity contribution in [3.63, 3.8) is 0 Å². The smallest absolute Gasteiger partial charge is 0.242 e. The zero-order chi connectivity index (χ0) is 17.5. The first-order chi connectivity index (χ1) is 11.5. The molecule has 0 heterocycles. The number of hydrazine groups is 1. The lowest BCUT2D eigenvalue weighted by molar-refractivity contribution is -0.121. The summed E-state index contributed by atoms with van der Waals surface area (Å²) in [5.74, 6) is 0.306. The standard InChI is InChI=1S/C16H15Cl2N3O2S/c1-23-14-6-5-12(18)7-10(14)8-15(22)20-21-16(24)19-13-4-2-3-11(17)9-13/h2-7,9H,8H2,1H3,(H,20,22)(H2,19,21,24). The molecule has 5 nitrogen and oxygen atoms in total. The van der Waals surface area contributed by atoms with Crippen LogP contribution in [0.4, 0.5) is 5.69 Å². The Hall–Kier alpha value is -2.02. The van der Waals surface area contributed by atoms with Crippen LogP contribution >= 0.6 is 35.4 Å². The lowest BCUT2D eigenvalue weighted by Gasteiger charge is -2.13. The number of halogens is 2. The van der Waals surface area contributed by atoms with Gasteiger partial charge in [0.15, 0.2) is 5.11 Å². The van der Waals surface area contributed by atoms with E-state index in [9.17, 15) is 4.79 Å². The maximum absolute atomic E-state index is 12.0. The van der Waals surface area contributed by atoms with E-state index in [0.717, 1.165) is 0 Å². The van der Waals surface area contributed by atoms with Gasteiger partial charge in [0.25, 0.3) is 0 Å². The lowest BCUT2D eigenvalue weighted by Crippen LogP contribution is -2.44. The van der Waals surface area contributed by atoms with Gasteiger partial charge < -0.3 is 10.1 Å². The van der Waals surface area contributed by atoms with Crippen molar-refractivity contribution in [2.75, 3.05) is 12.4 Å². The Morgan fingerprint density at radius 2 is 1.88 bits per heavy atom. The number of benzene rings is 2. The van der Waals surface area contributed by atoms with Crippen molar-refractivity contribution in [3.05, 3.63) is 58.1 Å². The molecular formula is C16H15Cl2N3O2S. The fourth-order valence-electron chi connectivity index (χ4n) is 1.96. The Kier molecular flexibility index (Phi) is 6.66. The third-order valence-corrected chi connectivity index (χ3v) is 3.67. The summed E-state index contributed by atoms with van der Waals surface area (Å²) in [4.78, 5) is 12.0. The molecule has 0 atom stereocenters. The Morgan fingerprint density at radius 3 is 2.58 bits per heavy atom. The predicted octanol–water partition coefficient (Wildman–Crippen LogP) is 3.56. The van der Waals surface area contributed by atoms with Gasteiger partial charge >= 0.3 is 0 Å². The first-order valence-corrected chi connectivity index (χ1v) is 8.08. The minimum atomic E-state index is -0.286. The quantitative estimate of drug-likeness (QED) is 0.556. The van der Waals surface area contributed by atoms with Crippen molar-refractivity contribution >= 4 is 52.1 Å². The molecule has 0 aliphatic rings. The summed E-state index contributed by atoms with van der Waals surface area (Å²) >= 11 is 16.9. The number of hydrogen-bond acceptors (Lipinski definition) is 3. The van der Waals surface area contributed by atoms with Crippen LogP contribution in [0.25, 0.3) is 0 Å². The molecule has 0 saturated carbocycles. The van der Waals surface area contributed by atoms with Crippen molar-refractivity contribution in [1.29, 1.82) is 0 Å². The van der Waals surface area contributed by atoms with E-state index in [2.05, 4.69) is 16.2 Å². The van der Waals surface area contributed by atoms with Crippen LogP contribution in [0.1, 0.15) is 5.56 Å². The number of anilines is 1. The zero-order valence-electron chi connectivity index (χ0n) is 12.7. The van der Waals surface area contributed by atoms with Crippen LogP contribution in [0.3, 0.4) is 0 Å². The third kappa shape index (κ3) is 5.56. The minimum absolute atomic E-state index is 0.0938. The molecule has 1 amide bonds. The highest BCUT2D eigenvalue weighted by Gasteiger charge is 2.10. The van der Waals surface area contributed by atoms with Crippen LogP contribution in [-0.2, 0) is 11.2 Å². The van der Waals surface area contributed by atoms with Crippen LogP contribution in [0, 0.1) is 0 Å². The number of carbonyl (C=O) groups excluding carboxylic acids is 1. The molecule has 2 aromatic carbocycles. The maximum Gasteiger partial charge on any atom is 0.242 e. The molecule has 0 unspecified atom stereocenters. The topological polar surface area (TPSA) is 62.4 Å². The monoisotopic (exact) mass is 383 g/mol. The van der Waals surface area contributed by atoms with Gasteiger partial charge in [-0.2, -0.15) is 0 Å². The van der Waals surface area contributed by atoms with Gasteiger partial charge in [-0.05, 0) is 48.6 Å².